The molecule has 0 N–H and O–H groups in total. The van der Waals surface area contributed by atoms with E-state index in [1.54, 1.807) is 12.5 Å². The second kappa shape index (κ2) is 4.65. The van der Waals surface area contributed by atoms with Crippen LogP contribution in [0.4, 0.5) is 0 Å². The molecule has 3 aliphatic heterocycles. The molecule has 0 spiro atoms. The SMILES string of the molecule is CC12CC(c3ccoc3)OC(=O)C1=CCC1(C)C3C=CC(OC3=O)C21. The fraction of sp³-hybridized carbons (Fsp3) is 0.500. The van der Waals surface area contributed by atoms with Crippen molar-refractivity contribution in [1.82, 2.24) is 0 Å². The standard InChI is InChI=1S/C20H20O5/c1-19-7-5-13-18(22)25-15(11-6-8-23-10-11)9-20(13,2)16(19)14-4-3-12(19)17(21)24-14/h3-6,8,10,12,14-16H,7,9H2,1-2H3. The van der Waals surface area contributed by atoms with Gasteiger partial charge in [0.1, 0.15) is 12.2 Å². The van der Waals surface area contributed by atoms with Crippen LogP contribution in [-0.2, 0) is 19.1 Å². The van der Waals surface area contributed by atoms with Crippen LogP contribution in [0.3, 0.4) is 0 Å². The van der Waals surface area contributed by atoms with Gasteiger partial charge < -0.3 is 13.9 Å². The lowest BCUT2D eigenvalue weighted by Gasteiger charge is -2.61. The molecule has 2 bridgehead atoms. The van der Waals surface area contributed by atoms with E-state index in [0.717, 1.165) is 11.1 Å². The van der Waals surface area contributed by atoms with E-state index < -0.39 is 5.41 Å². The van der Waals surface area contributed by atoms with Gasteiger partial charge in [-0.2, -0.15) is 0 Å². The first-order chi connectivity index (χ1) is 11.9. The topological polar surface area (TPSA) is 65.7 Å². The van der Waals surface area contributed by atoms with E-state index in [-0.39, 0.29) is 41.4 Å². The van der Waals surface area contributed by atoms with Crippen LogP contribution in [0.15, 0.2) is 46.8 Å². The van der Waals surface area contributed by atoms with E-state index in [9.17, 15) is 9.59 Å². The molecular formula is C20H20O5. The van der Waals surface area contributed by atoms with Crippen molar-refractivity contribution < 1.29 is 23.5 Å². The van der Waals surface area contributed by atoms with E-state index >= 15 is 0 Å². The van der Waals surface area contributed by atoms with Crippen molar-refractivity contribution in [3.63, 3.8) is 0 Å². The molecule has 0 radical (unpaired) electrons. The summed E-state index contributed by atoms with van der Waals surface area (Å²) in [6, 6.07) is 1.84. The maximum absolute atomic E-state index is 12.7. The molecule has 5 aliphatic rings. The van der Waals surface area contributed by atoms with Crippen molar-refractivity contribution in [3.05, 3.63) is 48.0 Å². The molecule has 0 aromatic carbocycles. The molecule has 2 aliphatic carbocycles. The van der Waals surface area contributed by atoms with Gasteiger partial charge >= 0.3 is 11.9 Å². The van der Waals surface area contributed by atoms with Crippen molar-refractivity contribution in [2.45, 2.75) is 38.9 Å². The zero-order chi connectivity index (χ0) is 17.4. The Labute approximate surface area is 145 Å². The summed E-state index contributed by atoms with van der Waals surface area (Å²) in [7, 11) is 0. The summed E-state index contributed by atoms with van der Waals surface area (Å²) < 4.78 is 16.5. The first kappa shape index (κ1) is 15.0. The number of cyclic esters (lactones) is 1. The molecule has 1 aromatic heterocycles. The minimum atomic E-state index is -0.404. The highest BCUT2D eigenvalue weighted by atomic mass is 16.6. The first-order valence-corrected chi connectivity index (χ1v) is 8.76. The van der Waals surface area contributed by atoms with Crippen LogP contribution in [0.25, 0.3) is 0 Å². The number of furan rings is 1. The summed E-state index contributed by atoms with van der Waals surface area (Å²) in [6.45, 7) is 4.28. The molecule has 2 fully saturated rings. The molecule has 2 saturated heterocycles. The number of esters is 2. The smallest absolute Gasteiger partial charge is 0.334 e. The number of ether oxygens (including phenoxy) is 2. The van der Waals surface area contributed by atoms with Gasteiger partial charge in [0.2, 0.25) is 0 Å². The number of hydrogen-bond acceptors (Lipinski definition) is 5. The average molecular weight is 340 g/mol. The number of hydrogen-bond donors (Lipinski definition) is 0. The van der Waals surface area contributed by atoms with Crippen molar-refractivity contribution in [2.75, 3.05) is 0 Å². The van der Waals surface area contributed by atoms with Crippen LogP contribution in [0.1, 0.15) is 38.4 Å². The molecule has 5 nitrogen and oxygen atoms in total. The highest BCUT2D eigenvalue weighted by Crippen LogP contribution is 2.64. The molecule has 25 heavy (non-hydrogen) atoms. The molecule has 4 heterocycles. The molecular weight excluding hydrogens is 320 g/mol. The summed E-state index contributed by atoms with van der Waals surface area (Å²) in [5, 5.41) is 0. The van der Waals surface area contributed by atoms with Gasteiger partial charge in [0.15, 0.2) is 0 Å². The summed E-state index contributed by atoms with van der Waals surface area (Å²) in [5.41, 5.74) is 0.964. The van der Waals surface area contributed by atoms with Crippen LogP contribution in [0.5, 0.6) is 0 Å². The Balaban J connectivity index is 1.62. The lowest BCUT2D eigenvalue weighted by molar-refractivity contribution is -0.195. The summed E-state index contributed by atoms with van der Waals surface area (Å²) in [5.74, 6) is -0.590. The Morgan fingerprint density at radius 1 is 1.16 bits per heavy atom. The molecule has 1 aromatic rings. The second-order valence-electron chi connectivity index (χ2n) is 8.14. The molecule has 0 amide bonds. The third-order valence-electron chi connectivity index (χ3n) is 6.79. The molecule has 6 atom stereocenters. The van der Waals surface area contributed by atoms with Gasteiger partial charge in [-0.25, -0.2) is 4.79 Å². The third-order valence-corrected chi connectivity index (χ3v) is 6.79. The molecule has 130 valence electrons. The lowest BCUT2D eigenvalue weighted by atomic mass is 9.46. The summed E-state index contributed by atoms with van der Waals surface area (Å²) in [6.07, 6.45) is 9.94. The van der Waals surface area contributed by atoms with Gasteiger partial charge in [0.05, 0.1) is 18.4 Å². The number of carbonyl (C=O) groups excluding carboxylic acids is 2. The highest BCUT2D eigenvalue weighted by molar-refractivity contribution is 5.92. The maximum Gasteiger partial charge on any atom is 0.334 e. The molecule has 6 unspecified atom stereocenters. The highest BCUT2D eigenvalue weighted by Gasteiger charge is 2.65. The minimum absolute atomic E-state index is 0.0648. The zero-order valence-corrected chi connectivity index (χ0v) is 14.2. The monoisotopic (exact) mass is 340 g/mol. The fourth-order valence-electron chi connectivity index (χ4n) is 5.67. The Hall–Kier alpha value is -2.30. The Morgan fingerprint density at radius 3 is 2.72 bits per heavy atom. The van der Waals surface area contributed by atoms with Gasteiger partial charge in [-0.1, -0.05) is 26.0 Å². The number of carbonyl (C=O) groups is 2. The molecule has 0 saturated carbocycles. The second-order valence-corrected chi connectivity index (χ2v) is 8.14. The van der Waals surface area contributed by atoms with E-state index in [1.165, 1.54) is 0 Å². The average Bonchev–Trinajstić information content (AvgIpc) is 3.08. The number of rotatable bonds is 1. The Bertz CT molecular complexity index is 819. The maximum atomic E-state index is 12.7. The van der Waals surface area contributed by atoms with Crippen LogP contribution >= 0.6 is 0 Å². The van der Waals surface area contributed by atoms with E-state index in [0.29, 0.717) is 12.8 Å². The normalized spacial score (nSPS) is 44.5. The van der Waals surface area contributed by atoms with Crippen LogP contribution in [0.2, 0.25) is 0 Å². The van der Waals surface area contributed by atoms with Gasteiger partial charge in [0, 0.05) is 22.5 Å². The van der Waals surface area contributed by atoms with E-state index in [4.69, 9.17) is 13.9 Å². The Morgan fingerprint density at radius 2 is 2.00 bits per heavy atom. The first-order valence-electron chi connectivity index (χ1n) is 8.76. The van der Waals surface area contributed by atoms with Crippen molar-refractivity contribution in [3.8, 4) is 0 Å². The number of fused-ring (bicyclic) bond motifs is 2. The largest absolute Gasteiger partial charge is 0.472 e. The van der Waals surface area contributed by atoms with Crippen LogP contribution in [0, 0.1) is 22.7 Å². The predicted molar refractivity (Wildman–Crippen MR) is 87.1 cm³/mol. The molecule has 5 heteroatoms. The van der Waals surface area contributed by atoms with Crippen molar-refractivity contribution in [1.29, 1.82) is 0 Å². The van der Waals surface area contributed by atoms with Gasteiger partial charge in [-0.15, -0.1) is 0 Å². The molecule has 6 rings (SSSR count). The van der Waals surface area contributed by atoms with Crippen molar-refractivity contribution >= 4 is 11.9 Å². The summed E-state index contributed by atoms with van der Waals surface area (Å²) >= 11 is 0. The zero-order valence-electron chi connectivity index (χ0n) is 14.2. The number of allylic oxidation sites excluding steroid dienone is 1. The van der Waals surface area contributed by atoms with Gasteiger partial charge in [-0.3, -0.25) is 4.79 Å². The van der Waals surface area contributed by atoms with E-state index in [1.807, 2.05) is 24.3 Å². The fourth-order valence-corrected chi connectivity index (χ4v) is 5.67. The summed E-state index contributed by atoms with van der Waals surface area (Å²) in [4.78, 5) is 25.0. The van der Waals surface area contributed by atoms with Gasteiger partial charge in [0.25, 0.3) is 0 Å². The van der Waals surface area contributed by atoms with Gasteiger partial charge in [-0.05, 0) is 30.4 Å². The lowest BCUT2D eigenvalue weighted by Crippen LogP contribution is -2.62. The Kier molecular flexibility index (Phi) is 2.79. The third kappa shape index (κ3) is 1.78. The predicted octanol–water partition coefficient (Wildman–Crippen LogP) is 3.34. The van der Waals surface area contributed by atoms with Crippen molar-refractivity contribution in [2.24, 2.45) is 22.7 Å². The quantitative estimate of drug-likeness (QED) is 0.579. The minimum Gasteiger partial charge on any atom is -0.472 e. The van der Waals surface area contributed by atoms with Crippen LogP contribution in [-0.4, -0.2) is 18.0 Å². The van der Waals surface area contributed by atoms with E-state index in [2.05, 4.69) is 13.8 Å². The van der Waals surface area contributed by atoms with Crippen LogP contribution < -0.4 is 0 Å².